The minimum Gasteiger partial charge on any atom is -0.483 e. The average molecular weight is 475 g/mol. The number of likely N-dealkylation sites (N-methyl/N-ethyl adjacent to an activating group) is 1. The van der Waals surface area contributed by atoms with Crippen molar-refractivity contribution in [2.75, 3.05) is 13.7 Å². The van der Waals surface area contributed by atoms with Crippen molar-refractivity contribution >= 4 is 27.7 Å². The molecule has 2 amide bonds. The molecule has 5 nitrogen and oxygen atoms in total. The van der Waals surface area contributed by atoms with Crippen LogP contribution in [0.5, 0.6) is 5.75 Å². The Morgan fingerprint density at radius 1 is 1.13 bits per heavy atom. The number of carbonyl (C=O) groups excluding carboxylic acids is 2. The van der Waals surface area contributed by atoms with E-state index in [0.29, 0.717) is 24.6 Å². The van der Waals surface area contributed by atoms with E-state index in [0.717, 1.165) is 15.6 Å². The summed E-state index contributed by atoms with van der Waals surface area (Å²) in [5.74, 6) is 0.599. The first kappa shape index (κ1) is 23.9. The number of halogens is 1. The zero-order valence-corrected chi connectivity index (χ0v) is 20.0. The molecule has 0 unspecified atom stereocenters. The summed E-state index contributed by atoms with van der Waals surface area (Å²) in [6.07, 6.45) is 0.518. The van der Waals surface area contributed by atoms with Crippen LogP contribution in [0.25, 0.3) is 0 Å². The summed E-state index contributed by atoms with van der Waals surface area (Å²) in [5.41, 5.74) is 3.30. The molecule has 0 fully saturated rings. The molecule has 1 atom stereocenters. The number of hydrogen-bond donors (Lipinski definition) is 1. The minimum atomic E-state index is -0.556. The van der Waals surface area contributed by atoms with Crippen LogP contribution in [-0.4, -0.2) is 36.4 Å². The highest BCUT2D eigenvalue weighted by Crippen LogP contribution is 2.29. The van der Waals surface area contributed by atoms with Crippen molar-refractivity contribution in [3.8, 4) is 5.75 Å². The molecule has 1 N–H and O–H groups in total. The molecule has 6 heteroatoms. The summed E-state index contributed by atoms with van der Waals surface area (Å²) >= 11 is 3.53. The van der Waals surface area contributed by atoms with Crippen molar-refractivity contribution in [1.29, 1.82) is 0 Å². The molecule has 0 aliphatic heterocycles. The van der Waals surface area contributed by atoms with Gasteiger partial charge in [-0.2, -0.15) is 0 Å². The van der Waals surface area contributed by atoms with E-state index in [2.05, 4.69) is 35.1 Å². The number of ether oxygens (including phenoxy) is 1. The SMILES string of the molecule is CC[C@H](C(=O)NC)N(Cc1ccc(C)cc1)C(=O)COc1ccc(C(C)C)cc1Br. The third-order valence-electron chi connectivity index (χ3n) is 5.08. The highest BCUT2D eigenvalue weighted by Gasteiger charge is 2.28. The van der Waals surface area contributed by atoms with Crippen LogP contribution >= 0.6 is 15.9 Å². The molecule has 0 aliphatic rings. The van der Waals surface area contributed by atoms with E-state index >= 15 is 0 Å². The number of amides is 2. The van der Waals surface area contributed by atoms with E-state index in [-0.39, 0.29) is 18.4 Å². The Hall–Kier alpha value is -2.34. The Morgan fingerprint density at radius 3 is 2.33 bits per heavy atom. The van der Waals surface area contributed by atoms with Crippen LogP contribution in [0.2, 0.25) is 0 Å². The normalized spacial score (nSPS) is 11.8. The molecule has 162 valence electrons. The van der Waals surface area contributed by atoms with Gasteiger partial charge in [-0.05, 0) is 58.5 Å². The lowest BCUT2D eigenvalue weighted by molar-refractivity contribution is -0.142. The first-order chi connectivity index (χ1) is 14.3. The van der Waals surface area contributed by atoms with E-state index < -0.39 is 6.04 Å². The quantitative estimate of drug-likeness (QED) is 0.566. The highest BCUT2D eigenvalue weighted by atomic mass is 79.9. The molecule has 0 aliphatic carbocycles. The van der Waals surface area contributed by atoms with Gasteiger partial charge < -0.3 is 15.0 Å². The van der Waals surface area contributed by atoms with Gasteiger partial charge in [0, 0.05) is 13.6 Å². The lowest BCUT2D eigenvalue weighted by Gasteiger charge is -2.30. The second-order valence-corrected chi connectivity index (χ2v) is 8.53. The van der Waals surface area contributed by atoms with E-state index in [1.54, 1.807) is 11.9 Å². The maximum absolute atomic E-state index is 13.1. The third kappa shape index (κ3) is 6.33. The molecule has 2 aromatic carbocycles. The fraction of sp³-hybridized carbons (Fsp3) is 0.417. The molecular formula is C24H31BrN2O3. The Kier molecular flexibility index (Phi) is 8.90. The van der Waals surface area contributed by atoms with Gasteiger partial charge in [0.25, 0.3) is 5.91 Å². The van der Waals surface area contributed by atoms with Gasteiger partial charge in [-0.15, -0.1) is 0 Å². The van der Waals surface area contributed by atoms with Crippen molar-refractivity contribution in [1.82, 2.24) is 10.2 Å². The van der Waals surface area contributed by atoms with Crippen molar-refractivity contribution in [2.45, 2.75) is 52.6 Å². The molecule has 0 saturated carbocycles. The lowest BCUT2D eigenvalue weighted by atomic mass is 10.0. The molecular weight excluding hydrogens is 444 g/mol. The number of rotatable bonds is 9. The highest BCUT2D eigenvalue weighted by molar-refractivity contribution is 9.10. The topological polar surface area (TPSA) is 58.6 Å². The monoisotopic (exact) mass is 474 g/mol. The van der Waals surface area contributed by atoms with E-state index in [9.17, 15) is 9.59 Å². The number of benzene rings is 2. The predicted octanol–water partition coefficient (Wildman–Crippen LogP) is 4.81. The zero-order valence-electron chi connectivity index (χ0n) is 18.4. The van der Waals surface area contributed by atoms with Crippen LogP contribution in [0.15, 0.2) is 46.9 Å². The predicted molar refractivity (Wildman–Crippen MR) is 124 cm³/mol. The van der Waals surface area contributed by atoms with Crippen LogP contribution in [0.1, 0.15) is 49.8 Å². The Balaban J connectivity index is 2.19. The molecule has 0 radical (unpaired) electrons. The van der Waals surface area contributed by atoms with Gasteiger partial charge >= 0.3 is 0 Å². The van der Waals surface area contributed by atoms with Gasteiger partial charge in [0.15, 0.2) is 6.61 Å². The van der Waals surface area contributed by atoms with E-state index in [4.69, 9.17) is 4.74 Å². The maximum atomic E-state index is 13.1. The van der Waals surface area contributed by atoms with Gasteiger partial charge in [-0.1, -0.05) is 56.7 Å². The second kappa shape index (κ2) is 11.2. The van der Waals surface area contributed by atoms with Crippen LogP contribution in [0.3, 0.4) is 0 Å². The molecule has 2 rings (SSSR count). The molecule has 2 aromatic rings. The summed E-state index contributed by atoms with van der Waals surface area (Å²) in [6.45, 7) is 8.37. The molecule has 0 spiro atoms. The van der Waals surface area contributed by atoms with Crippen molar-refractivity contribution in [3.05, 3.63) is 63.6 Å². The van der Waals surface area contributed by atoms with Gasteiger partial charge in [0.1, 0.15) is 11.8 Å². The lowest BCUT2D eigenvalue weighted by Crippen LogP contribution is -2.49. The standard InChI is InChI=1S/C24H31BrN2O3/c1-6-21(24(29)26-5)27(14-18-9-7-17(4)8-10-18)23(28)15-30-22-12-11-19(16(2)3)13-20(22)25/h7-13,16,21H,6,14-15H2,1-5H3,(H,26,29)/t21-/m1/s1. The number of aryl methyl sites for hydroxylation is 1. The van der Waals surface area contributed by atoms with Crippen molar-refractivity contribution < 1.29 is 14.3 Å². The van der Waals surface area contributed by atoms with Crippen molar-refractivity contribution in [2.24, 2.45) is 0 Å². The summed E-state index contributed by atoms with van der Waals surface area (Å²) in [4.78, 5) is 27.1. The van der Waals surface area contributed by atoms with E-state index in [1.807, 2.05) is 56.3 Å². The van der Waals surface area contributed by atoms with Crippen LogP contribution in [-0.2, 0) is 16.1 Å². The average Bonchev–Trinajstić information content (AvgIpc) is 2.73. The Labute approximate surface area is 187 Å². The molecule has 30 heavy (non-hydrogen) atoms. The van der Waals surface area contributed by atoms with Gasteiger partial charge in [-0.25, -0.2) is 0 Å². The summed E-state index contributed by atoms with van der Waals surface area (Å²) in [6, 6.07) is 13.3. The first-order valence-corrected chi connectivity index (χ1v) is 11.0. The van der Waals surface area contributed by atoms with Crippen LogP contribution in [0, 0.1) is 6.92 Å². The molecule has 0 saturated heterocycles. The first-order valence-electron chi connectivity index (χ1n) is 10.3. The molecule has 0 aromatic heterocycles. The third-order valence-corrected chi connectivity index (χ3v) is 5.70. The van der Waals surface area contributed by atoms with Gasteiger partial charge in [0.2, 0.25) is 5.91 Å². The molecule has 0 heterocycles. The molecule has 0 bridgehead atoms. The van der Waals surface area contributed by atoms with E-state index in [1.165, 1.54) is 5.56 Å². The summed E-state index contributed by atoms with van der Waals surface area (Å²) < 4.78 is 6.62. The van der Waals surface area contributed by atoms with Crippen LogP contribution < -0.4 is 10.1 Å². The fourth-order valence-corrected chi connectivity index (χ4v) is 3.70. The number of hydrogen-bond acceptors (Lipinski definition) is 3. The second-order valence-electron chi connectivity index (χ2n) is 7.68. The Morgan fingerprint density at radius 2 is 1.80 bits per heavy atom. The fourth-order valence-electron chi connectivity index (χ4n) is 3.19. The smallest absolute Gasteiger partial charge is 0.261 e. The van der Waals surface area contributed by atoms with Crippen LogP contribution in [0.4, 0.5) is 0 Å². The summed E-state index contributed by atoms with van der Waals surface area (Å²) in [5, 5.41) is 2.66. The minimum absolute atomic E-state index is 0.140. The van der Waals surface area contributed by atoms with Gasteiger partial charge in [0.05, 0.1) is 4.47 Å². The number of nitrogens with zero attached hydrogens (tertiary/aromatic N) is 1. The summed E-state index contributed by atoms with van der Waals surface area (Å²) in [7, 11) is 1.59. The van der Waals surface area contributed by atoms with Crippen molar-refractivity contribution in [3.63, 3.8) is 0 Å². The van der Waals surface area contributed by atoms with Gasteiger partial charge in [-0.3, -0.25) is 9.59 Å². The Bertz CT molecular complexity index is 865. The number of nitrogens with one attached hydrogen (secondary N) is 1. The largest absolute Gasteiger partial charge is 0.483 e. The maximum Gasteiger partial charge on any atom is 0.261 e. The number of carbonyl (C=O) groups is 2. The zero-order chi connectivity index (χ0) is 22.3.